The van der Waals surface area contributed by atoms with Crippen molar-refractivity contribution in [3.63, 3.8) is 0 Å². The molecule has 0 saturated heterocycles. The Labute approximate surface area is 125 Å². The molecule has 2 aromatic rings. The van der Waals surface area contributed by atoms with Gasteiger partial charge in [0.15, 0.2) is 0 Å². The summed E-state index contributed by atoms with van der Waals surface area (Å²) in [6, 6.07) is 13.1. The second-order valence-corrected chi connectivity index (χ2v) is 4.30. The summed E-state index contributed by atoms with van der Waals surface area (Å²) in [5, 5.41) is 0. The van der Waals surface area contributed by atoms with Crippen molar-refractivity contribution in [1.82, 2.24) is 0 Å². The molecule has 2 aromatic carbocycles. The molecule has 0 atom stereocenters. The molecule has 0 N–H and O–H groups in total. The maximum absolute atomic E-state index is 2.22. The van der Waals surface area contributed by atoms with E-state index in [1.807, 2.05) is 0 Å². The monoisotopic (exact) mass is 304 g/mol. The fourth-order valence-corrected chi connectivity index (χ4v) is 1.69. The molecule has 0 fully saturated rings. The van der Waals surface area contributed by atoms with Gasteiger partial charge in [-0.15, -0.1) is 0 Å². The van der Waals surface area contributed by atoms with Gasteiger partial charge in [-0.1, -0.05) is 40.5 Å². The predicted octanol–water partition coefficient (Wildman–Crippen LogP) is 4.55. The van der Waals surface area contributed by atoms with Crippen molar-refractivity contribution in [3.05, 3.63) is 58.7 Å². The summed E-state index contributed by atoms with van der Waals surface area (Å²) in [5.41, 5.74) is 5.65. The molecule has 0 aliphatic carbocycles. The molecule has 0 aliphatic rings. The minimum atomic E-state index is 0. The third kappa shape index (κ3) is 6.17. The van der Waals surface area contributed by atoms with Crippen molar-refractivity contribution in [2.45, 2.75) is 40.5 Å². The van der Waals surface area contributed by atoms with Gasteiger partial charge in [0.05, 0.1) is 0 Å². The molecular weight excluding hydrogens is 283 g/mol. The van der Waals surface area contributed by atoms with Gasteiger partial charge in [-0.05, 0) is 0 Å². The van der Waals surface area contributed by atoms with E-state index in [0.29, 0.717) is 0 Å². The number of hydrogen-bond acceptors (Lipinski definition) is 0. The van der Waals surface area contributed by atoms with Crippen LogP contribution >= 0.6 is 0 Å². The Balaban J connectivity index is 0.000000284. The predicted molar refractivity (Wildman–Crippen MR) is 72.3 cm³/mol. The Morgan fingerprint density at radius 2 is 1.18 bits per heavy atom. The Bertz CT molecular complexity index is 366. The smallest absolute Gasteiger partial charge is 0.211 e. The Hall–Kier alpha value is -0.417. The fourth-order valence-electron chi connectivity index (χ4n) is 1.69. The Kier molecular flexibility index (Phi) is 8.43. The van der Waals surface area contributed by atoms with Crippen LogP contribution < -0.4 is 0 Å². The zero-order valence-electron chi connectivity index (χ0n) is 11.4. The first-order valence-corrected chi connectivity index (χ1v) is 6.10. The molecule has 90 valence electrons. The van der Waals surface area contributed by atoms with Gasteiger partial charge in [-0.2, -0.15) is 35.4 Å². The molecular formula is C16H22Zr. The van der Waals surface area contributed by atoms with Gasteiger partial charge in [0.2, 0.25) is 0 Å². The molecule has 1 heteroatoms. The van der Waals surface area contributed by atoms with Gasteiger partial charge in [-0.3, -0.25) is 0 Å². The van der Waals surface area contributed by atoms with Crippen LogP contribution in [0.3, 0.4) is 0 Å². The second-order valence-electron chi connectivity index (χ2n) is 4.30. The first-order chi connectivity index (χ1) is 7.65. The van der Waals surface area contributed by atoms with Crippen molar-refractivity contribution in [1.29, 1.82) is 0 Å². The zero-order valence-corrected chi connectivity index (χ0v) is 13.8. The standard InChI is InChI=1S/2C8H11.Zr/c2*1-3-8-5-4-7(2)6-8;/h2*4-6H,3H2,1-2H3;/q2*-1;+2. The molecule has 0 heterocycles. The van der Waals surface area contributed by atoms with E-state index in [0.717, 1.165) is 12.8 Å². The SMILES string of the molecule is CC[c-]1ccc(C)c1.CC[c-]1ccc(C)c1.[Zr+2]. The molecule has 17 heavy (non-hydrogen) atoms. The average molecular weight is 306 g/mol. The number of rotatable bonds is 2. The normalized spacial score (nSPS) is 9.18. The molecule has 0 bridgehead atoms. The van der Waals surface area contributed by atoms with Crippen LogP contribution in [0.25, 0.3) is 0 Å². The summed E-state index contributed by atoms with van der Waals surface area (Å²) < 4.78 is 0. The minimum absolute atomic E-state index is 0. The quantitative estimate of drug-likeness (QED) is 0.714. The first kappa shape index (κ1) is 16.6. The number of aryl methyl sites for hydroxylation is 4. The van der Waals surface area contributed by atoms with Gasteiger partial charge >= 0.3 is 26.2 Å². The van der Waals surface area contributed by atoms with E-state index >= 15 is 0 Å². The van der Waals surface area contributed by atoms with Gasteiger partial charge in [0, 0.05) is 0 Å². The fraction of sp³-hybridized carbons (Fsp3) is 0.375. The average Bonchev–Trinajstić information content (AvgIpc) is 2.88. The Morgan fingerprint density at radius 1 is 0.824 bits per heavy atom. The van der Waals surface area contributed by atoms with Crippen LogP contribution in [0.2, 0.25) is 0 Å². The van der Waals surface area contributed by atoms with Gasteiger partial charge in [-0.25, -0.2) is 23.3 Å². The largest absolute Gasteiger partial charge is 2.00 e. The molecule has 0 amide bonds. The van der Waals surface area contributed by atoms with E-state index in [1.165, 1.54) is 22.3 Å². The summed E-state index contributed by atoms with van der Waals surface area (Å²) in [4.78, 5) is 0. The minimum Gasteiger partial charge on any atom is -0.211 e. The van der Waals surface area contributed by atoms with E-state index < -0.39 is 0 Å². The molecule has 0 nitrogen and oxygen atoms in total. The maximum Gasteiger partial charge on any atom is 2.00 e. The zero-order chi connectivity index (χ0) is 12.0. The van der Waals surface area contributed by atoms with E-state index in [9.17, 15) is 0 Å². The Morgan fingerprint density at radius 3 is 1.29 bits per heavy atom. The molecule has 2 rings (SSSR count). The van der Waals surface area contributed by atoms with Crippen molar-refractivity contribution in [2.24, 2.45) is 0 Å². The number of hydrogen-bond donors (Lipinski definition) is 0. The molecule has 0 unspecified atom stereocenters. The van der Waals surface area contributed by atoms with Crippen LogP contribution in [-0.4, -0.2) is 0 Å². The second kappa shape index (κ2) is 8.64. The van der Waals surface area contributed by atoms with Crippen LogP contribution in [0.1, 0.15) is 36.1 Å². The summed E-state index contributed by atoms with van der Waals surface area (Å²) in [7, 11) is 0. The summed E-state index contributed by atoms with van der Waals surface area (Å²) >= 11 is 0. The summed E-state index contributed by atoms with van der Waals surface area (Å²) in [6.07, 6.45) is 2.32. The van der Waals surface area contributed by atoms with Crippen molar-refractivity contribution in [3.8, 4) is 0 Å². The van der Waals surface area contributed by atoms with E-state index in [2.05, 4.69) is 64.1 Å². The van der Waals surface area contributed by atoms with Crippen molar-refractivity contribution < 1.29 is 26.2 Å². The van der Waals surface area contributed by atoms with Gasteiger partial charge in [0.1, 0.15) is 0 Å². The van der Waals surface area contributed by atoms with E-state index in [1.54, 1.807) is 0 Å². The maximum atomic E-state index is 2.22. The van der Waals surface area contributed by atoms with Crippen LogP contribution in [-0.2, 0) is 39.0 Å². The summed E-state index contributed by atoms with van der Waals surface area (Å²) in [5.74, 6) is 0. The van der Waals surface area contributed by atoms with Crippen LogP contribution in [0, 0.1) is 13.8 Å². The molecule has 0 saturated carbocycles. The van der Waals surface area contributed by atoms with Gasteiger partial charge < -0.3 is 0 Å². The van der Waals surface area contributed by atoms with E-state index in [-0.39, 0.29) is 26.2 Å². The third-order valence-corrected chi connectivity index (χ3v) is 2.76. The van der Waals surface area contributed by atoms with Crippen LogP contribution in [0.4, 0.5) is 0 Å². The molecule has 0 aliphatic heterocycles. The van der Waals surface area contributed by atoms with Crippen molar-refractivity contribution in [2.75, 3.05) is 0 Å². The molecule has 0 spiro atoms. The summed E-state index contributed by atoms with van der Waals surface area (Å²) in [6.45, 7) is 8.60. The van der Waals surface area contributed by atoms with E-state index in [4.69, 9.17) is 0 Å². The van der Waals surface area contributed by atoms with Crippen molar-refractivity contribution >= 4 is 0 Å². The first-order valence-electron chi connectivity index (χ1n) is 6.10. The molecule has 0 aromatic heterocycles. The van der Waals surface area contributed by atoms with Crippen LogP contribution in [0.15, 0.2) is 36.4 Å². The third-order valence-electron chi connectivity index (χ3n) is 2.76. The molecule has 0 radical (unpaired) electrons. The van der Waals surface area contributed by atoms with Gasteiger partial charge in [0.25, 0.3) is 0 Å². The van der Waals surface area contributed by atoms with Crippen LogP contribution in [0.5, 0.6) is 0 Å². The topological polar surface area (TPSA) is 0 Å².